The average Bonchev–Trinajstić information content (AvgIpc) is 3.24. The fraction of sp³-hybridized carbons (Fsp3) is 0.214. The molecule has 1 spiro atoms. The van der Waals surface area contributed by atoms with Crippen LogP contribution < -0.4 is 15.8 Å². The lowest BCUT2D eigenvalue weighted by molar-refractivity contribution is -0.0154. The molecule has 1 aromatic heterocycles. The van der Waals surface area contributed by atoms with Crippen LogP contribution in [-0.2, 0) is 13.1 Å². The Bertz CT molecular complexity index is 1340. The molecule has 0 aliphatic carbocycles. The maximum absolute atomic E-state index is 12.4. The summed E-state index contributed by atoms with van der Waals surface area (Å²) in [6.07, 6.45) is 0. The van der Waals surface area contributed by atoms with Gasteiger partial charge in [-0.3, -0.25) is 9.69 Å². The molecular weight excluding hydrogens is 438 g/mol. The molecule has 1 amide bonds. The zero-order valence-electron chi connectivity index (χ0n) is 19.4. The summed E-state index contributed by atoms with van der Waals surface area (Å²) in [4.78, 5) is 14.9. The highest BCUT2D eigenvalue weighted by Gasteiger charge is 2.46. The lowest BCUT2D eigenvalue weighted by Crippen LogP contribution is -2.62. The van der Waals surface area contributed by atoms with Crippen molar-refractivity contribution in [3.63, 3.8) is 0 Å². The third kappa shape index (κ3) is 4.15. The van der Waals surface area contributed by atoms with Crippen LogP contribution in [0.25, 0.3) is 11.3 Å². The molecule has 35 heavy (non-hydrogen) atoms. The molecule has 1 saturated heterocycles. The summed E-state index contributed by atoms with van der Waals surface area (Å²) in [5, 5.41) is 8.31. The van der Waals surface area contributed by atoms with Crippen molar-refractivity contribution in [3.05, 3.63) is 96.1 Å². The molecule has 1 fully saturated rings. The molecule has 4 aromatic rings. The summed E-state index contributed by atoms with van der Waals surface area (Å²) >= 11 is 0. The van der Waals surface area contributed by atoms with E-state index in [-0.39, 0.29) is 5.41 Å². The summed E-state index contributed by atoms with van der Waals surface area (Å²) in [5.41, 5.74) is 9.11. The van der Waals surface area contributed by atoms with Crippen LogP contribution in [0.5, 0.6) is 11.5 Å². The van der Waals surface area contributed by atoms with Crippen LogP contribution in [0.3, 0.4) is 0 Å². The number of carbonyl (C=O) groups excluding carboxylic acids is 1. The Morgan fingerprint density at radius 2 is 1.57 bits per heavy atom. The van der Waals surface area contributed by atoms with E-state index >= 15 is 0 Å². The SMILES string of the molecule is NC(=O)c1c(-c2ccc(Oc3ccccc3)cc2)nn2c1NCC1(CN(Cc3ccccc3)C1)C2. The standard InChI is InChI=1S/C28H27N5O2/c29-26(34)24-25(21-11-13-23(14-12-21)35-22-9-5-2-6-10-22)31-33-19-28(16-30-27(24)33)17-32(18-28)15-20-7-3-1-4-8-20/h1-14,30H,15-19H2,(H2,29,34). The maximum atomic E-state index is 12.4. The van der Waals surface area contributed by atoms with Crippen molar-refractivity contribution >= 4 is 11.7 Å². The highest BCUT2D eigenvalue weighted by molar-refractivity contribution is 6.03. The van der Waals surface area contributed by atoms with Crippen LogP contribution in [0.4, 0.5) is 5.82 Å². The van der Waals surface area contributed by atoms with Crippen LogP contribution in [0.1, 0.15) is 15.9 Å². The quantitative estimate of drug-likeness (QED) is 0.442. The third-order valence-corrected chi connectivity index (χ3v) is 6.79. The topological polar surface area (TPSA) is 85.4 Å². The second-order valence-electron chi connectivity index (χ2n) is 9.52. The molecule has 6 rings (SSSR count). The summed E-state index contributed by atoms with van der Waals surface area (Å²) in [6.45, 7) is 4.48. The largest absolute Gasteiger partial charge is 0.457 e. The zero-order valence-corrected chi connectivity index (χ0v) is 19.4. The Balaban J connectivity index is 1.20. The fourth-order valence-electron chi connectivity index (χ4n) is 5.21. The van der Waals surface area contributed by atoms with Crippen molar-refractivity contribution < 1.29 is 9.53 Å². The lowest BCUT2D eigenvalue weighted by Gasteiger charge is -2.52. The first kappa shape index (κ1) is 21.4. The Kier molecular flexibility index (Phi) is 5.26. The van der Waals surface area contributed by atoms with E-state index in [1.165, 1.54) is 5.56 Å². The Morgan fingerprint density at radius 3 is 2.26 bits per heavy atom. The predicted octanol–water partition coefficient (Wildman–Crippen LogP) is 4.37. The molecule has 176 valence electrons. The van der Waals surface area contributed by atoms with Crippen molar-refractivity contribution in [2.45, 2.75) is 13.1 Å². The molecule has 2 aliphatic rings. The van der Waals surface area contributed by atoms with E-state index in [1.54, 1.807) is 0 Å². The summed E-state index contributed by atoms with van der Waals surface area (Å²) in [7, 11) is 0. The van der Waals surface area contributed by atoms with E-state index in [0.29, 0.717) is 17.1 Å². The van der Waals surface area contributed by atoms with Crippen LogP contribution >= 0.6 is 0 Å². The number of rotatable bonds is 6. The number of primary amides is 1. The van der Waals surface area contributed by atoms with Gasteiger partial charge in [-0.05, 0) is 42.0 Å². The number of nitrogens with two attached hydrogens (primary N) is 1. The van der Waals surface area contributed by atoms with Crippen molar-refractivity contribution in [2.24, 2.45) is 11.1 Å². The zero-order chi connectivity index (χ0) is 23.8. The number of benzene rings is 3. The molecule has 2 aliphatic heterocycles. The van der Waals surface area contributed by atoms with Crippen LogP contribution in [-0.4, -0.2) is 40.2 Å². The molecule has 0 unspecified atom stereocenters. The number of aromatic nitrogens is 2. The van der Waals surface area contributed by atoms with Crippen LogP contribution in [0.15, 0.2) is 84.9 Å². The summed E-state index contributed by atoms with van der Waals surface area (Å²) in [5.74, 6) is 1.72. The number of fused-ring (bicyclic) bond motifs is 1. The van der Waals surface area contributed by atoms with E-state index < -0.39 is 5.91 Å². The van der Waals surface area contributed by atoms with Gasteiger partial charge in [0.05, 0.1) is 6.54 Å². The minimum atomic E-state index is -0.478. The summed E-state index contributed by atoms with van der Waals surface area (Å²) < 4.78 is 7.82. The fourth-order valence-corrected chi connectivity index (χ4v) is 5.21. The molecule has 7 heteroatoms. The van der Waals surface area contributed by atoms with Crippen molar-refractivity contribution in [1.82, 2.24) is 14.7 Å². The van der Waals surface area contributed by atoms with Gasteiger partial charge in [-0.1, -0.05) is 48.5 Å². The minimum absolute atomic E-state index is 0.105. The van der Waals surface area contributed by atoms with Crippen LogP contribution in [0.2, 0.25) is 0 Å². The highest BCUT2D eigenvalue weighted by atomic mass is 16.5. The lowest BCUT2D eigenvalue weighted by atomic mass is 9.78. The van der Waals surface area contributed by atoms with Crippen molar-refractivity contribution in [2.75, 3.05) is 25.0 Å². The van der Waals surface area contributed by atoms with Gasteiger partial charge in [0.2, 0.25) is 0 Å². The van der Waals surface area contributed by atoms with Gasteiger partial charge in [0, 0.05) is 37.2 Å². The van der Waals surface area contributed by atoms with E-state index in [1.807, 2.05) is 65.3 Å². The molecule has 7 nitrogen and oxygen atoms in total. The first-order valence-electron chi connectivity index (χ1n) is 11.8. The van der Waals surface area contributed by atoms with Gasteiger partial charge in [0.25, 0.3) is 5.91 Å². The van der Waals surface area contributed by atoms with Crippen molar-refractivity contribution in [3.8, 4) is 22.8 Å². The molecule has 0 radical (unpaired) electrons. The first-order valence-corrected chi connectivity index (χ1v) is 11.8. The van der Waals surface area contributed by atoms with E-state index in [4.69, 9.17) is 15.6 Å². The monoisotopic (exact) mass is 465 g/mol. The molecule has 0 atom stereocenters. The van der Waals surface area contributed by atoms with Gasteiger partial charge < -0.3 is 15.8 Å². The number of hydrogen-bond donors (Lipinski definition) is 2. The summed E-state index contributed by atoms with van der Waals surface area (Å²) in [6, 6.07) is 27.8. The predicted molar refractivity (Wildman–Crippen MR) is 135 cm³/mol. The van der Waals surface area contributed by atoms with Gasteiger partial charge in [-0.2, -0.15) is 5.10 Å². The van der Waals surface area contributed by atoms with Gasteiger partial charge in [0.1, 0.15) is 28.6 Å². The number of nitrogens with one attached hydrogen (secondary N) is 1. The van der Waals surface area contributed by atoms with Gasteiger partial charge >= 0.3 is 0 Å². The second kappa shape index (κ2) is 8.60. The first-order chi connectivity index (χ1) is 17.1. The number of para-hydroxylation sites is 1. The number of likely N-dealkylation sites (tertiary alicyclic amines) is 1. The van der Waals surface area contributed by atoms with E-state index in [2.05, 4.69) is 34.5 Å². The Hall–Kier alpha value is -4.10. The number of amides is 1. The van der Waals surface area contributed by atoms with E-state index in [0.717, 1.165) is 49.8 Å². The number of carbonyl (C=O) groups is 1. The van der Waals surface area contributed by atoms with Crippen LogP contribution in [0, 0.1) is 5.41 Å². The number of nitrogens with zero attached hydrogens (tertiary/aromatic N) is 3. The van der Waals surface area contributed by atoms with Gasteiger partial charge in [-0.15, -0.1) is 0 Å². The molecule has 3 aromatic carbocycles. The molecule has 3 heterocycles. The Morgan fingerprint density at radius 1 is 0.914 bits per heavy atom. The molecule has 0 saturated carbocycles. The second-order valence-corrected chi connectivity index (χ2v) is 9.52. The van der Waals surface area contributed by atoms with Crippen molar-refractivity contribution in [1.29, 1.82) is 0 Å². The Labute approximate surface area is 204 Å². The van der Waals surface area contributed by atoms with Gasteiger partial charge in [0.15, 0.2) is 0 Å². The highest BCUT2D eigenvalue weighted by Crippen LogP contribution is 2.40. The smallest absolute Gasteiger partial charge is 0.254 e. The number of hydrogen-bond acceptors (Lipinski definition) is 5. The maximum Gasteiger partial charge on any atom is 0.254 e. The molecule has 0 bridgehead atoms. The molecule has 3 N–H and O–H groups in total. The normalized spacial score (nSPS) is 16.2. The third-order valence-electron chi connectivity index (χ3n) is 6.79. The average molecular weight is 466 g/mol. The molecular formula is C28H27N5O2. The van der Waals surface area contributed by atoms with E-state index in [9.17, 15) is 4.79 Å². The number of anilines is 1. The van der Waals surface area contributed by atoms with Gasteiger partial charge in [-0.25, -0.2) is 4.68 Å². The number of ether oxygens (including phenoxy) is 1. The minimum Gasteiger partial charge on any atom is -0.457 e.